The van der Waals surface area contributed by atoms with E-state index < -0.39 is 0 Å². The average Bonchev–Trinajstić information content (AvgIpc) is 2.67. The van der Waals surface area contributed by atoms with Crippen LogP contribution < -0.4 is 0 Å². The summed E-state index contributed by atoms with van der Waals surface area (Å²) in [5.74, 6) is -0.755. The molecule has 0 radical (unpaired) electrons. The molecule has 0 saturated carbocycles. The molecule has 2 aliphatic heterocycles. The molecule has 24 heavy (non-hydrogen) atoms. The topological polar surface area (TPSA) is 66.0 Å². The van der Waals surface area contributed by atoms with Crippen molar-refractivity contribution >= 4 is 11.8 Å². The van der Waals surface area contributed by atoms with Crippen LogP contribution in [0.5, 0.6) is 0 Å². The van der Waals surface area contributed by atoms with Crippen molar-refractivity contribution in [2.24, 2.45) is 0 Å². The Morgan fingerprint density at radius 3 is 2.12 bits per heavy atom. The molecule has 2 aliphatic rings. The number of hydrogen-bond acceptors (Lipinski definition) is 5. The third-order valence-electron chi connectivity index (χ3n) is 4.61. The van der Waals surface area contributed by atoms with Gasteiger partial charge in [0, 0.05) is 58.2 Å². The second kappa shape index (κ2) is 8.21. The van der Waals surface area contributed by atoms with Crippen LogP contribution in [0.25, 0.3) is 0 Å². The van der Waals surface area contributed by atoms with Crippen molar-refractivity contribution in [1.82, 2.24) is 19.7 Å². The predicted octanol–water partition coefficient (Wildman–Crippen LogP) is -0.373. The molecule has 0 N–H and O–H groups in total. The van der Waals surface area contributed by atoms with Gasteiger partial charge < -0.3 is 14.5 Å². The van der Waals surface area contributed by atoms with Crippen LogP contribution in [-0.4, -0.2) is 90.5 Å². The zero-order valence-electron chi connectivity index (χ0n) is 13.9. The van der Waals surface area contributed by atoms with Crippen LogP contribution >= 0.6 is 0 Å². The number of pyridine rings is 1. The van der Waals surface area contributed by atoms with Gasteiger partial charge in [-0.2, -0.15) is 0 Å². The highest BCUT2D eigenvalue weighted by Crippen LogP contribution is 2.07. The van der Waals surface area contributed by atoms with Gasteiger partial charge in [-0.05, 0) is 24.1 Å². The summed E-state index contributed by atoms with van der Waals surface area (Å²) in [6, 6.07) is 4.06. The molecular weight excluding hydrogens is 308 g/mol. The molecule has 0 atom stereocenters. The van der Waals surface area contributed by atoms with Crippen LogP contribution in [0, 0.1) is 0 Å². The van der Waals surface area contributed by atoms with Gasteiger partial charge >= 0.3 is 11.8 Å². The molecule has 0 aliphatic carbocycles. The monoisotopic (exact) mass is 332 g/mol. The lowest BCUT2D eigenvalue weighted by atomic mass is 10.2. The van der Waals surface area contributed by atoms with Crippen molar-refractivity contribution in [2.45, 2.75) is 6.42 Å². The van der Waals surface area contributed by atoms with Crippen molar-refractivity contribution < 1.29 is 14.3 Å². The number of morpholine rings is 1. The summed E-state index contributed by atoms with van der Waals surface area (Å²) in [6.45, 7) is 5.87. The summed E-state index contributed by atoms with van der Waals surface area (Å²) in [5, 5.41) is 0. The fraction of sp³-hybridized carbons (Fsp3) is 0.588. The minimum atomic E-state index is -0.386. The van der Waals surface area contributed by atoms with Gasteiger partial charge in [-0.1, -0.05) is 0 Å². The number of carbonyl (C=O) groups is 2. The van der Waals surface area contributed by atoms with Crippen molar-refractivity contribution in [3.63, 3.8) is 0 Å². The van der Waals surface area contributed by atoms with Gasteiger partial charge in [0.25, 0.3) is 0 Å². The van der Waals surface area contributed by atoms with Crippen LogP contribution in [0.15, 0.2) is 24.5 Å². The summed E-state index contributed by atoms with van der Waals surface area (Å²) in [5.41, 5.74) is 1.27. The van der Waals surface area contributed by atoms with Gasteiger partial charge in [0.1, 0.15) is 0 Å². The van der Waals surface area contributed by atoms with E-state index >= 15 is 0 Å². The van der Waals surface area contributed by atoms with Crippen LogP contribution in [0.2, 0.25) is 0 Å². The van der Waals surface area contributed by atoms with Crippen molar-refractivity contribution in [3.8, 4) is 0 Å². The molecule has 0 unspecified atom stereocenters. The third kappa shape index (κ3) is 4.30. The van der Waals surface area contributed by atoms with E-state index in [0.717, 1.165) is 26.1 Å². The highest BCUT2D eigenvalue weighted by Gasteiger charge is 2.30. The van der Waals surface area contributed by atoms with Crippen molar-refractivity contribution in [3.05, 3.63) is 30.1 Å². The molecule has 2 amide bonds. The Labute approximate surface area is 142 Å². The second-order valence-electron chi connectivity index (χ2n) is 6.14. The third-order valence-corrected chi connectivity index (χ3v) is 4.61. The number of carbonyl (C=O) groups excluding carboxylic acids is 2. The van der Waals surface area contributed by atoms with E-state index in [0.29, 0.717) is 39.4 Å². The van der Waals surface area contributed by atoms with E-state index in [2.05, 4.69) is 9.88 Å². The summed E-state index contributed by atoms with van der Waals surface area (Å²) in [7, 11) is 0. The highest BCUT2D eigenvalue weighted by atomic mass is 16.5. The fourth-order valence-electron chi connectivity index (χ4n) is 3.05. The summed E-state index contributed by atoms with van der Waals surface area (Å²) in [6.07, 6.45) is 4.59. The van der Waals surface area contributed by atoms with E-state index in [1.807, 2.05) is 24.5 Å². The number of amides is 2. The molecule has 7 heteroatoms. The average molecular weight is 332 g/mol. The van der Waals surface area contributed by atoms with E-state index in [9.17, 15) is 9.59 Å². The maximum absolute atomic E-state index is 12.4. The summed E-state index contributed by atoms with van der Waals surface area (Å²) >= 11 is 0. The quantitative estimate of drug-likeness (QED) is 0.707. The zero-order valence-corrected chi connectivity index (χ0v) is 13.9. The first-order valence-electron chi connectivity index (χ1n) is 8.51. The van der Waals surface area contributed by atoms with Gasteiger partial charge in [0.2, 0.25) is 0 Å². The predicted molar refractivity (Wildman–Crippen MR) is 88.4 cm³/mol. The molecule has 0 bridgehead atoms. The Balaban J connectivity index is 1.42. The van der Waals surface area contributed by atoms with E-state index in [-0.39, 0.29) is 11.8 Å². The maximum Gasteiger partial charge on any atom is 0.312 e. The van der Waals surface area contributed by atoms with Gasteiger partial charge in [-0.3, -0.25) is 19.5 Å². The zero-order chi connectivity index (χ0) is 16.8. The number of ether oxygens (including phenoxy) is 1. The Kier molecular flexibility index (Phi) is 5.77. The Morgan fingerprint density at radius 2 is 1.50 bits per heavy atom. The molecule has 2 fully saturated rings. The first-order valence-corrected chi connectivity index (χ1v) is 8.51. The maximum atomic E-state index is 12.4. The minimum absolute atomic E-state index is 0.370. The van der Waals surface area contributed by atoms with E-state index in [1.54, 1.807) is 9.80 Å². The smallest absolute Gasteiger partial charge is 0.312 e. The molecule has 1 aromatic rings. The first-order chi connectivity index (χ1) is 11.7. The second-order valence-corrected chi connectivity index (χ2v) is 6.14. The van der Waals surface area contributed by atoms with Gasteiger partial charge in [0.05, 0.1) is 13.2 Å². The molecule has 0 spiro atoms. The van der Waals surface area contributed by atoms with Crippen LogP contribution in [0.3, 0.4) is 0 Å². The minimum Gasteiger partial charge on any atom is -0.378 e. The Morgan fingerprint density at radius 1 is 0.917 bits per heavy atom. The molecule has 130 valence electrons. The lowest BCUT2D eigenvalue weighted by Crippen LogP contribution is -2.54. The molecule has 2 saturated heterocycles. The molecule has 3 heterocycles. The van der Waals surface area contributed by atoms with Gasteiger partial charge in [-0.15, -0.1) is 0 Å². The van der Waals surface area contributed by atoms with Crippen LogP contribution in [0.4, 0.5) is 0 Å². The number of piperazine rings is 1. The summed E-state index contributed by atoms with van der Waals surface area (Å²) in [4.78, 5) is 34.2. The number of nitrogens with zero attached hydrogens (tertiary/aromatic N) is 4. The highest BCUT2D eigenvalue weighted by molar-refractivity contribution is 6.34. The molecule has 0 aromatic carbocycles. The summed E-state index contributed by atoms with van der Waals surface area (Å²) < 4.78 is 5.22. The van der Waals surface area contributed by atoms with Gasteiger partial charge in [-0.25, -0.2) is 0 Å². The molecule has 7 nitrogen and oxygen atoms in total. The van der Waals surface area contributed by atoms with Crippen LogP contribution in [0.1, 0.15) is 5.56 Å². The SMILES string of the molecule is O=C(C(=O)N1CCN(CCc2ccncc2)CC1)N1CCOCC1. The standard InChI is InChI=1S/C17H24N4O3/c22-16(17(23)21-11-13-24-14-12-21)20-9-7-19(8-10-20)6-3-15-1-4-18-5-2-15/h1-2,4-5H,3,6-14H2. The van der Waals surface area contributed by atoms with Gasteiger partial charge in [0.15, 0.2) is 0 Å². The Hall–Kier alpha value is -1.99. The largest absolute Gasteiger partial charge is 0.378 e. The lowest BCUT2D eigenvalue weighted by Gasteiger charge is -2.35. The lowest BCUT2D eigenvalue weighted by molar-refractivity contribution is -0.155. The number of rotatable bonds is 3. The number of hydrogen-bond donors (Lipinski definition) is 0. The molecular formula is C17H24N4O3. The first kappa shape index (κ1) is 16.9. The Bertz CT molecular complexity index is 552. The van der Waals surface area contributed by atoms with Crippen molar-refractivity contribution in [2.75, 3.05) is 59.0 Å². The number of aromatic nitrogens is 1. The van der Waals surface area contributed by atoms with E-state index in [4.69, 9.17) is 4.74 Å². The normalized spacial score (nSPS) is 19.3. The van der Waals surface area contributed by atoms with E-state index in [1.165, 1.54) is 5.56 Å². The molecule has 3 rings (SSSR count). The van der Waals surface area contributed by atoms with Crippen LogP contribution in [-0.2, 0) is 20.7 Å². The fourth-order valence-corrected chi connectivity index (χ4v) is 3.05. The molecule has 1 aromatic heterocycles. The van der Waals surface area contributed by atoms with Crippen molar-refractivity contribution in [1.29, 1.82) is 0 Å².